The molecule has 0 fully saturated rings. The molecule has 1 heterocycles. The first-order chi connectivity index (χ1) is 13.3. The van der Waals surface area contributed by atoms with Gasteiger partial charge in [-0.1, -0.05) is 48.5 Å². The molecule has 3 aromatic rings. The van der Waals surface area contributed by atoms with E-state index in [0.717, 1.165) is 22.0 Å². The molecule has 0 spiro atoms. The third-order valence-electron chi connectivity index (χ3n) is 4.66. The van der Waals surface area contributed by atoms with E-state index in [2.05, 4.69) is 15.6 Å². The van der Waals surface area contributed by atoms with Crippen LogP contribution >= 0.6 is 0 Å². The zero-order valence-corrected chi connectivity index (χ0v) is 16.0. The molecule has 2 aromatic carbocycles. The van der Waals surface area contributed by atoms with Gasteiger partial charge in [0.25, 0.3) is 0 Å². The summed E-state index contributed by atoms with van der Waals surface area (Å²) in [6.07, 6.45) is 1.51. The lowest BCUT2D eigenvalue weighted by Crippen LogP contribution is -2.54. The highest BCUT2D eigenvalue weighted by Crippen LogP contribution is 2.20. The second kappa shape index (κ2) is 8.17. The van der Waals surface area contributed by atoms with Crippen LogP contribution in [0.15, 0.2) is 60.8 Å². The number of hydrogen-bond acceptors (Lipinski definition) is 2. The van der Waals surface area contributed by atoms with E-state index in [9.17, 15) is 14.7 Å². The predicted octanol–water partition coefficient (Wildman–Crippen LogP) is 3.48. The zero-order chi connectivity index (χ0) is 20.1. The molecule has 4 N–H and O–H groups in total. The normalized spacial score (nSPS) is 12.5. The molecule has 0 unspecified atom stereocenters. The Hall–Kier alpha value is -3.28. The van der Waals surface area contributed by atoms with Crippen LogP contribution in [0, 0.1) is 0 Å². The quantitative estimate of drug-likeness (QED) is 0.506. The number of aromatic nitrogens is 1. The van der Waals surface area contributed by atoms with Gasteiger partial charge in [0.15, 0.2) is 0 Å². The van der Waals surface area contributed by atoms with Gasteiger partial charge in [0, 0.05) is 29.1 Å². The molecule has 1 atom stereocenters. The fraction of sp³-hybridized carbons (Fsp3) is 0.273. The van der Waals surface area contributed by atoms with Crippen LogP contribution in [0.5, 0.6) is 0 Å². The molecular formula is C22H25N3O3. The molecule has 3 rings (SSSR count). The summed E-state index contributed by atoms with van der Waals surface area (Å²) in [5.41, 5.74) is 2.44. The maximum atomic E-state index is 12.9. The Balaban J connectivity index is 1.75. The number of benzene rings is 2. The molecule has 0 saturated heterocycles. The summed E-state index contributed by atoms with van der Waals surface area (Å²) in [5.74, 6) is -0.339. The first-order valence-corrected chi connectivity index (χ1v) is 9.24. The Morgan fingerprint density at radius 3 is 2.46 bits per heavy atom. The summed E-state index contributed by atoms with van der Waals surface area (Å²) in [7, 11) is 0. The Kier molecular flexibility index (Phi) is 5.68. The Labute approximate surface area is 164 Å². The highest BCUT2D eigenvalue weighted by molar-refractivity contribution is 5.88. The van der Waals surface area contributed by atoms with Crippen molar-refractivity contribution in [3.63, 3.8) is 0 Å². The summed E-state index contributed by atoms with van der Waals surface area (Å²) in [6, 6.07) is 16.7. The molecule has 0 aliphatic heterocycles. The van der Waals surface area contributed by atoms with E-state index in [1.807, 2.05) is 74.6 Å². The number of carboxylic acid groups (broad SMARTS) is 1. The third kappa shape index (κ3) is 4.91. The van der Waals surface area contributed by atoms with Gasteiger partial charge in [0.05, 0.1) is 0 Å². The van der Waals surface area contributed by atoms with Crippen LogP contribution in [0.3, 0.4) is 0 Å². The molecule has 0 saturated carbocycles. The smallest absolute Gasteiger partial charge is 0.405 e. The number of carbonyl (C=O) groups is 2. The Morgan fingerprint density at radius 1 is 1.07 bits per heavy atom. The van der Waals surface area contributed by atoms with Gasteiger partial charge in [-0.05, 0) is 37.5 Å². The van der Waals surface area contributed by atoms with E-state index in [1.54, 1.807) is 0 Å². The minimum Gasteiger partial charge on any atom is -0.465 e. The number of hydrogen-bond donors (Lipinski definition) is 4. The second-order valence-electron chi connectivity index (χ2n) is 7.60. The van der Waals surface area contributed by atoms with Crippen molar-refractivity contribution in [3.8, 4) is 0 Å². The van der Waals surface area contributed by atoms with Crippen molar-refractivity contribution in [1.29, 1.82) is 0 Å². The topological polar surface area (TPSA) is 94.2 Å². The van der Waals surface area contributed by atoms with Crippen LogP contribution in [0.1, 0.15) is 25.0 Å². The van der Waals surface area contributed by atoms with Gasteiger partial charge < -0.3 is 20.7 Å². The van der Waals surface area contributed by atoms with Crippen molar-refractivity contribution in [2.75, 3.05) is 0 Å². The van der Waals surface area contributed by atoms with Crippen LogP contribution in [0.25, 0.3) is 10.9 Å². The Bertz CT molecular complexity index is 963. The number of nitrogens with one attached hydrogen (secondary N) is 3. The highest BCUT2D eigenvalue weighted by Gasteiger charge is 2.28. The summed E-state index contributed by atoms with van der Waals surface area (Å²) < 4.78 is 0. The number of carbonyl (C=O) groups excluding carboxylic acids is 1. The monoisotopic (exact) mass is 379 g/mol. The van der Waals surface area contributed by atoms with E-state index >= 15 is 0 Å². The number of fused-ring (bicyclic) bond motifs is 1. The van der Waals surface area contributed by atoms with Crippen molar-refractivity contribution in [1.82, 2.24) is 15.6 Å². The largest absolute Gasteiger partial charge is 0.465 e. The summed E-state index contributed by atoms with van der Waals surface area (Å²) in [4.78, 5) is 27.3. The molecule has 146 valence electrons. The van der Waals surface area contributed by atoms with Gasteiger partial charge in [0.2, 0.25) is 5.91 Å². The number of amides is 2. The van der Waals surface area contributed by atoms with E-state index in [4.69, 9.17) is 0 Å². The molecule has 6 nitrogen and oxygen atoms in total. The maximum absolute atomic E-state index is 12.9. The fourth-order valence-electron chi connectivity index (χ4n) is 3.45. The van der Waals surface area contributed by atoms with E-state index in [1.165, 1.54) is 0 Å². The molecule has 28 heavy (non-hydrogen) atoms. The first-order valence-electron chi connectivity index (χ1n) is 9.24. The van der Waals surface area contributed by atoms with Crippen molar-refractivity contribution < 1.29 is 14.7 Å². The van der Waals surface area contributed by atoms with Gasteiger partial charge in [0.1, 0.15) is 6.04 Å². The van der Waals surface area contributed by atoms with Crippen LogP contribution in [0.2, 0.25) is 0 Å². The Morgan fingerprint density at radius 2 is 1.75 bits per heavy atom. The van der Waals surface area contributed by atoms with Crippen molar-refractivity contribution in [2.24, 2.45) is 0 Å². The molecular weight excluding hydrogens is 354 g/mol. The average Bonchev–Trinajstić information content (AvgIpc) is 3.04. The standard InChI is InChI=1S/C22H25N3O3/c1-22(2,13-15-8-4-3-5-9-15)25-20(26)19(24-21(27)28)12-16-14-23-18-11-7-6-10-17(16)18/h3-11,14,19,23-24H,12-13H2,1-2H3,(H,25,26)(H,27,28)/t19-/m1/s1. The predicted molar refractivity (Wildman–Crippen MR) is 109 cm³/mol. The summed E-state index contributed by atoms with van der Waals surface area (Å²) in [6.45, 7) is 3.86. The maximum Gasteiger partial charge on any atom is 0.405 e. The van der Waals surface area contributed by atoms with E-state index in [0.29, 0.717) is 6.42 Å². The average molecular weight is 379 g/mol. The number of para-hydroxylation sites is 1. The summed E-state index contributed by atoms with van der Waals surface area (Å²) in [5, 5.41) is 15.5. The lowest BCUT2D eigenvalue weighted by atomic mass is 9.94. The zero-order valence-electron chi connectivity index (χ0n) is 16.0. The van der Waals surface area contributed by atoms with Gasteiger partial charge in [-0.2, -0.15) is 0 Å². The number of H-pyrrole nitrogens is 1. The number of aromatic amines is 1. The third-order valence-corrected chi connectivity index (χ3v) is 4.66. The minimum atomic E-state index is -1.22. The minimum absolute atomic E-state index is 0.267. The molecule has 6 heteroatoms. The van der Waals surface area contributed by atoms with Crippen LogP contribution in [-0.2, 0) is 17.6 Å². The van der Waals surface area contributed by atoms with Crippen LogP contribution < -0.4 is 10.6 Å². The van der Waals surface area contributed by atoms with Gasteiger partial charge in [-0.15, -0.1) is 0 Å². The highest BCUT2D eigenvalue weighted by atomic mass is 16.4. The first kappa shape index (κ1) is 19.5. The molecule has 0 aliphatic rings. The van der Waals surface area contributed by atoms with Crippen molar-refractivity contribution in [3.05, 3.63) is 71.9 Å². The fourth-order valence-corrected chi connectivity index (χ4v) is 3.45. The van der Waals surface area contributed by atoms with Crippen molar-refractivity contribution in [2.45, 2.75) is 38.3 Å². The molecule has 2 amide bonds. The lowest BCUT2D eigenvalue weighted by Gasteiger charge is -2.29. The summed E-state index contributed by atoms with van der Waals surface area (Å²) >= 11 is 0. The molecule has 1 aromatic heterocycles. The molecule has 0 radical (unpaired) electrons. The molecule has 0 aliphatic carbocycles. The van der Waals surface area contributed by atoms with Crippen molar-refractivity contribution >= 4 is 22.9 Å². The number of rotatable bonds is 7. The van der Waals surface area contributed by atoms with Gasteiger partial charge >= 0.3 is 6.09 Å². The molecule has 0 bridgehead atoms. The van der Waals surface area contributed by atoms with Gasteiger partial charge in [-0.3, -0.25) is 4.79 Å². The lowest BCUT2D eigenvalue weighted by molar-refractivity contribution is -0.124. The SMILES string of the molecule is CC(C)(Cc1ccccc1)NC(=O)[C@@H](Cc1c[nH]c2ccccc12)NC(=O)O. The van der Waals surface area contributed by atoms with Gasteiger partial charge in [-0.25, -0.2) is 4.79 Å². The van der Waals surface area contributed by atoms with E-state index < -0.39 is 17.7 Å². The van der Waals surface area contributed by atoms with E-state index in [-0.39, 0.29) is 12.3 Å². The second-order valence-corrected chi connectivity index (χ2v) is 7.60. The van der Waals surface area contributed by atoms with Crippen LogP contribution in [-0.4, -0.2) is 33.7 Å². The van der Waals surface area contributed by atoms with Crippen LogP contribution in [0.4, 0.5) is 4.79 Å².